The van der Waals surface area contributed by atoms with E-state index in [1.165, 1.54) is 13.2 Å². The van der Waals surface area contributed by atoms with Crippen LogP contribution in [-0.2, 0) is 19.5 Å². The van der Waals surface area contributed by atoms with E-state index in [-0.39, 0.29) is 34.8 Å². The number of nitrogens with two attached hydrogens (primary N) is 1. The molecule has 3 aliphatic rings. The van der Waals surface area contributed by atoms with Crippen LogP contribution in [0.25, 0.3) is 22.4 Å². The number of hydrogen-bond donors (Lipinski definition) is 1. The summed E-state index contributed by atoms with van der Waals surface area (Å²) in [5.74, 6) is 1.17. The first kappa shape index (κ1) is 28.6. The van der Waals surface area contributed by atoms with Crippen LogP contribution in [-0.4, -0.2) is 84.4 Å². The lowest BCUT2D eigenvalue weighted by atomic mass is 10.0. The number of primary sulfonamides is 1. The summed E-state index contributed by atoms with van der Waals surface area (Å²) in [6, 6.07) is 4.77. The van der Waals surface area contributed by atoms with Crippen molar-refractivity contribution in [2.24, 2.45) is 17.0 Å². The SMILES string of the molecule is COc1ccc(-c2nc(N3CC4CN(C(=O)OC(C)(C)C)CC4C3)nc3c2ncn3C2CCCCO2)cc1S(N)(=O)=O. The Morgan fingerprint density at radius 3 is 2.45 bits per heavy atom. The number of methoxy groups -OCH3 is 1. The van der Waals surface area contributed by atoms with Crippen molar-refractivity contribution < 1.29 is 27.4 Å². The first-order chi connectivity index (χ1) is 19.9. The molecule has 1 aromatic carbocycles. The second-order valence-corrected chi connectivity index (χ2v) is 13.8. The highest BCUT2D eigenvalue weighted by molar-refractivity contribution is 7.89. The number of benzene rings is 1. The van der Waals surface area contributed by atoms with Gasteiger partial charge in [0.1, 0.15) is 33.7 Å². The van der Waals surface area contributed by atoms with Crippen molar-refractivity contribution in [3.63, 3.8) is 0 Å². The molecule has 2 aromatic heterocycles. The number of carbonyl (C=O) groups excluding carboxylic acids is 1. The Balaban J connectivity index is 1.37. The van der Waals surface area contributed by atoms with Crippen molar-refractivity contribution in [3.05, 3.63) is 24.5 Å². The van der Waals surface area contributed by atoms with Gasteiger partial charge in [-0.05, 0) is 58.2 Å². The van der Waals surface area contributed by atoms with Gasteiger partial charge >= 0.3 is 6.09 Å². The van der Waals surface area contributed by atoms with Crippen molar-refractivity contribution in [1.82, 2.24) is 24.4 Å². The van der Waals surface area contributed by atoms with Crippen LogP contribution in [0.4, 0.5) is 10.7 Å². The smallest absolute Gasteiger partial charge is 0.410 e. The molecule has 3 unspecified atom stereocenters. The normalized spacial score (nSPS) is 22.9. The Morgan fingerprint density at radius 1 is 1.10 bits per heavy atom. The van der Waals surface area contributed by atoms with Crippen molar-refractivity contribution in [3.8, 4) is 17.0 Å². The van der Waals surface area contributed by atoms with Gasteiger partial charge in [-0.15, -0.1) is 0 Å². The molecule has 3 aromatic rings. The molecule has 1 amide bonds. The summed E-state index contributed by atoms with van der Waals surface area (Å²) in [6.45, 7) is 8.83. The molecule has 5 heterocycles. The summed E-state index contributed by atoms with van der Waals surface area (Å²) in [5, 5.41) is 5.52. The van der Waals surface area contributed by atoms with Crippen molar-refractivity contribution in [2.75, 3.05) is 44.8 Å². The van der Waals surface area contributed by atoms with Crippen LogP contribution in [0, 0.1) is 11.8 Å². The average Bonchev–Trinajstić information content (AvgIpc) is 3.65. The van der Waals surface area contributed by atoms with Gasteiger partial charge in [0.2, 0.25) is 16.0 Å². The number of carbonyl (C=O) groups is 1. The molecule has 0 spiro atoms. The van der Waals surface area contributed by atoms with Crippen LogP contribution in [0.1, 0.15) is 46.3 Å². The molecule has 0 saturated carbocycles. The van der Waals surface area contributed by atoms with E-state index in [1.807, 2.05) is 25.3 Å². The maximum atomic E-state index is 12.7. The predicted octanol–water partition coefficient (Wildman–Crippen LogP) is 3.15. The van der Waals surface area contributed by atoms with E-state index in [4.69, 9.17) is 29.3 Å². The molecule has 3 fully saturated rings. The average molecular weight is 600 g/mol. The largest absolute Gasteiger partial charge is 0.495 e. The molecule has 226 valence electrons. The third-order valence-corrected chi connectivity index (χ3v) is 8.97. The van der Waals surface area contributed by atoms with Gasteiger partial charge in [-0.2, -0.15) is 4.98 Å². The number of sulfonamides is 1. The molecule has 6 rings (SSSR count). The first-order valence-electron chi connectivity index (χ1n) is 14.2. The van der Waals surface area contributed by atoms with Gasteiger partial charge in [0.15, 0.2) is 5.65 Å². The van der Waals surface area contributed by atoms with Crippen LogP contribution < -0.4 is 14.8 Å². The maximum Gasteiger partial charge on any atom is 0.410 e. The molecule has 2 N–H and O–H groups in total. The molecule has 3 atom stereocenters. The van der Waals surface area contributed by atoms with Crippen LogP contribution in [0.5, 0.6) is 5.75 Å². The number of anilines is 1. The lowest BCUT2D eigenvalue weighted by molar-refractivity contribution is -0.0298. The van der Waals surface area contributed by atoms with E-state index >= 15 is 0 Å². The Morgan fingerprint density at radius 2 is 1.83 bits per heavy atom. The first-order valence-corrected chi connectivity index (χ1v) is 15.8. The van der Waals surface area contributed by atoms with Gasteiger partial charge in [-0.3, -0.25) is 4.57 Å². The second kappa shape index (κ2) is 10.7. The van der Waals surface area contributed by atoms with E-state index in [1.54, 1.807) is 23.4 Å². The fourth-order valence-corrected chi connectivity index (χ4v) is 6.80. The van der Waals surface area contributed by atoms with E-state index in [2.05, 4.69) is 9.88 Å². The molecular formula is C28H37N7O6S. The Bertz CT molecular complexity index is 1600. The summed E-state index contributed by atoms with van der Waals surface area (Å²) < 4.78 is 43.6. The van der Waals surface area contributed by atoms with Gasteiger partial charge < -0.3 is 24.0 Å². The number of ether oxygens (including phenoxy) is 3. The molecule has 3 aliphatic heterocycles. The van der Waals surface area contributed by atoms with Crippen molar-refractivity contribution >= 4 is 33.2 Å². The fraction of sp³-hybridized carbons (Fsp3) is 0.571. The number of nitrogens with zero attached hydrogens (tertiary/aromatic N) is 6. The van der Waals surface area contributed by atoms with Crippen molar-refractivity contribution in [1.29, 1.82) is 0 Å². The van der Waals surface area contributed by atoms with Gasteiger partial charge in [-0.1, -0.05) is 0 Å². The lowest BCUT2D eigenvalue weighted by Crippen LogP contribution is -2.37. The van der Waals surface area contributed by atoms with Crippen LogP contribution in [0.2, 0.25) is 0 Å². The van der Waals surface area contributed by atoms with Gasteiger partial charge in [0, 0.05) is 50.2 Å². The highest BCUT2D eigenvalue weighted by Crippen LogP contribution is 2.37. The minimum atomic E-state index is -4.07. The summed E-state index contributed by atoms with van der Waals surface area (Å²) in [6.07, 6.45) is 4.11. The van der Waals surface area contributed by atoms with Gasteiger partial charge in [0.25, 0.3) is 0 Å². The third kappa shape index (κ3) is 5.50. The van der Waals surface area contributed by atoms with E-state index in [9.17, 15) is 13.2 Å². The maximum absolute atomic E-state index is 12.7. The highest BCUT2D eigenvalue weighted by Gasteiger charge is 2.43. The lowest BCUT2D eigenvalue weighted by Gasteiger charge is -2.26. The number of likely N-dealkylation sites (tertiary alicyclic amines) is 1. The number of amides is 1. The fourth-order valence-electron chi connectivity index (χ4n) is 6.08. The number of fused-ring (bicyclic) bond motifs is 2. The number of aromatic nitrogens is 4. The van der Waals surface area contributed by atoms with Crippen LogP contribution in [0.15, 0.2) is 29.4 Å². The molecule has 14 heteroatoms. The molecule has 0 radical (unpaired) electrons. The summed E-state index contributed by atoms with van der Waals surface area (Å²) in [5.41, 5.74) is 1.62. The quantitative estimate of drug-likeness (QED) is 0.462. The molecular weight excluding hydrogens is 562 g/mol. The van der Waals surface area contributed by atoms with Gasteiger partial charge in [0.05, 0.1) is 13.4 Å². The Hall–Kier alpha value is -3.49. The molecule has 0 aliphatic carbocycles. The number of hydrogen-bond acceptors (Lipinski definition) is 10. The third-order valence-electron chi connectivity index (χ3n) is 8.04. The van der Waals surface area contributed by atoms with Crippen LogP contribution >= 0.6 is 0 Å². The highest BCUT2D eigenvalue weighted by atomic mass is 32.2. The summed E-state index contributed by atoms with van der Waals surface area (Å²) in [7, 11) is -2.67. The zero-order valence-electron chi connectivity index (χ0n) is 24.3. The number of rotatable bonds is 5. The van der Waals surface area contributed by atoms with E-state index in [0.717, 1.165) is 19.3 Å². The zero-order chi connectivity index (χ0) is 29.8. The molecule has 13 nitrogen and oxygen atoms in total. The van der Waals surface area contributed by atoms with Gasteiger partial charge in [-0.25, -0.2) is 28.3 Å². The Kier molecular flexibility index (Phi) is 7.26. The summed E-state index contributed by atoms with van der Waals surface area (Å²) in [4.78, 5) is 31.0. The zero-order valence-corrected chi connectivity index (χ0v) is 25.1. The topological polar surface area (TPSA) is 155 Å². The predicted molar refractivity (Wildman–Crippen MR) is 155 cm³/mol. The van der Waals surface area contributed by atoms with E-state index in [0.29, 0.717) is 61.2 Å². The minimum Gasteiger partial charge on any atom is -0.495 e. The number of imidazole rings is 1. The standard InChI is InChI=1S/C28H37N7O6S/c1-28(2,3)41-27(36)34-14-18-12-33(13-19(18)15-34)26-31-23(17-8-9-20(39-4)21(11-17)42(29,37)38)24-25(32-26)35(16-30-24)22-7-5-6-10-40-22/h8-9,11,16,18-19,22H,5-7,10,12-15H2,1-4H3,(H2,29,37,38). The van der Waals surface area contributed by atoms with E-state index < -0.39 is 15.6 Å². The monoisotopic (exact) mass is 599 g/mol. The van der Waals surface area contributed by atoms with Crippen LogP contribution in [0.3, 0.4) is 0 Å². The molecule has 42 heavy (non-hydrogen) atoms. The summed E-state index contributed by atoms with van der Waals surface area (Å²) >= 11 is 0. The minimum absolute atomic E-state index is 0.135. The Labute approximate surface area is 245 Å². The van der Waals surface area contributed by atoms with Crippen molar-refractivity contribution in [2.45, 2.75) is 56.8 Å². The molecule has 3 saturated heterocycles. The molecule has 0 bridgehead atoms. The second-order valence-electron chi connectivity index (χ2n) is 12.2.